The van der Waals surface area contributed by atoms with E-state index in [2.05, 4.69) is 69.2 Å². The third-order valence-corrected chi connectivity index (χ3v) is 31.9. The fraction of sp³-hybridized carbons (Fsp3) is 0.909. The summed E-state index contributed by atoms with van der Waals surface area (Å²) in [6, 6.07) is 0. The van der Waals surface area contributed by atoms with Crippen molar-refractivity contribution in [2.24, 2.45) is 0 Å². The topological polar surface area (TPSA) is 0 Å². The second-order valence-corrected chi connectivity index (χ2v) is 24.5. The third kappa shape index (κ3) is 2.94. The number of hydrogen-bond donors (Lipinski definition) is 0. The van der Waals surface area contributed by atoms with Crippen LogP contribution >= 0.6 is 0 Å². The van der Waals surface area contributed by atoms with Crippen LogP contribution in [0.15, 0.2) is 11.1 Å². The maximum atomic E-state index is 2.77. The molecule has 25 heavy (non-hydrogen) atoms. The summed E-state index contributed by atoms with van der Waals surface area (Å²) in [6.45, 7) is 27.2. The van der Waals surface area contributed by atoms with E-state index in [1.807, 2.05) is 11.1 Å². The Morgan fingerprint density at radius 3 is 1.48 bits per heavy atom. The van der Waals surface area contributed by atoms with Crippen LogP contribution in [-0.2, 0) is 0 Å². The molecule has 0 fully saturated rings. The fourth-order valence-electron chi connectivity index (χ4n) is 8.33. The van der Waals surface area contributed by atoms with E-state index in [0.717, 1.165) is 13.4 Å². The van der Waals surface area contributed by atoms with E-state index >= 15 is 0 Å². The normalized spacial score (nSPS) is 28.6. The van der Waals surface area contributed by atoms with E-state index in [1.165, 1.54) is 47.0 Å². The molecule has 0 aliphatic carbocycles. The molecular weight excluding hydrogens is 405 g/mol. The summed E-state index contributed by atoms with van der Waals surface area (Å²) in [5.41, 5.74) is 3.81. The third-order valence-electron chi connectivity index (χ3n) is 9.20. The van der Waals surface area contributed by atoms with Crippen molar-refractivity contribution in [2.75, 3.05) is 0 Å². The molecule has 0 bridgehead atoms. The number of rotatable bonds is 10. The van der Waals surface area contributed by atoms with E-state index in [1.54, 1.807) is 0 Å². The van der Waals surface area contributed by atoms with Crippen LogP contribution < -0.4 is 0 Å². The Balaban J connectivity index is 3.94. The van der Waals surface area contributed by atoms with Crippen molar-refractivity contribution in [1.29, 1.82) is 0 Å². The monoisotopic (exact) mass is 452 g/mol. The van der Waals surface area contributed by atoms with Gasteiger partial charge in [-0.25, -0.2) is 0 Å². The average molecular weight is 451 g/mol. The van der Waals surface area contributed by atoms with Crippen molar-refractivity contribution in [3.63, 3.8) is 0 Å². The second kappa shape index (κ2) is 9.24. The van der Waals surface area contributed by atoms with Crippen molar-refractivity contribution < 1.29 is 0 Å². The molecule has 1 aliphatic heterocycles. The van der Waals surface area contributed by atoms with E-state index in [4.69, 9.17) is 0 Å². The van der Waals surface area contributed by atoms with Gasteiger partial charge in [0.05, 0.1) is 0 Å². The van der Waals surface area contributed by atoms with Gasteiger partial charge in [0, 0.05) is 0 Å². The van der Waals surface area contributed by atoms with Crippen LogP contribution in [0.1, 0.15) is 82.1 Å². The summed E-state index contributed by atoms with van der Waals surface area (Å²) in [5, 5.41) is 0. The van der Waals surface area contributed by atoms with Gasteiger partial charge in [-0.3, -0.25) is 0 Å². The first kappa shape index (κ1) is 23.7. The molecule has 0 amide bonds. The van der Waals surface area contributed by atoms with Gasteiger partial charge >= 0.3 is 166 Å². The molecule has 1 aliphatic rings. The summed E-state index contributed by atoms with van der Waals surface area (Å²) in [4.78, 5) is 0. The Kier molecular flexibility index (Phi) is 8.76. The first-order valence-electron chi connectivity index (χ1n) is 11.5. The molecule has 1 rings (SSSR count). The number of hydrogen-bond acceptors (Lipinski definition) is 0. The van der Waals surface area contributed by atoms with Crippen LogP contribution in [-0.4, -0.2) is 31.8 Å². The van der Waals surface area contributed by atoms with Crippen molar-refractivity contribution in [2.45, 2.75) is 123 Å². The molecule has 144 valence electrons. The minimum atomic E-state index is -2.55. The standard InChI is InChI=1S/C18H36B2.2C2H5.Sn/c1-9-17(16(8)19(11-3)12-4)15(7)18(10-2)20(13-5)14-6;2*1-2;/h9-14H2,1-8H3;2*1H2,2H3;. The molecule has 0 saturated carbocycles. The van der Waals surface area contributed by atoms with Gasteiger partial charge in [0.1, 0.15) is 0 Å². The molecule has 0 N–H and O–H groups in total. The molecule has 0 nitrogen and oxygen atoms in total. The minimum absolute atomic E-state index is 0.569. The van der Waals surface area contributed by atoms with Crippen LogP contribution in [0.3, 0.4) is 0 Å². The Morgan fingerprint density at radius 2 is 1.20 bits per heavy atom. The van der Waals surface area contributed by atoms with Crippen molar-refractivity contribution >= 4 is 31.8 Å². The Bertz CT molecular complexity index is 461. The van der Waals surface area contributed by atoms with Gasteiger partial charge in [-0.1, -0.05) is 0 Å². The molecule has 0 saturated heterocycles. The van der Waals surface area contributed by atoms with Gasteiger partial charge in [0.2, 0.25) is 0 Å². The summed E-state index contributed by atoms with van der Waals surface area (Å²) < 4.78 is 4.23. The van der Waals surface area contributed by atoms with Crippen LogP contribution in [0, 0.1) is 0 Å². The first-order valence-corrected chi connectivity index (χ1v) is 18.4. The summed E-state index contributed by atoms with van der Waals surface area (Å²) >= 11 is -2.55. The quantitative estimate of drug-likeness (QED) is 0.232. The SMILES string of the molecule is CCB(CC)[C]1(C)C(CC)=C(C)[C](CC)(B(CC)CC)[Sn]1([CH2]C)[CH2]C. The first-order chi connectivity index (χ1) is 11.8. The molecular formula is C22H46B2Sn. The zero-order valence-electron chi connectivity index (χ0n) is 19.3. The van der Waals surface area contributed by atoms with Crippen LogP contribution in [0.4, 0.5) is 0 Å². The summed E-state index contributed by atoms with van der Waals surface area (Å²) in [7, 11) is 0. The molecule has 0 aromatic rings. The van der Waals surface area contributed by atoms with Gasteiger partial charge in [-0.05, 0) is 0 Å². The van der Waals surface area contributed by atoms with Crippen LogP contribution in [0.2, 0.25) is 40.8 Å². The van der Waals surface area contributed by atoms with Gasteiger partial charge in [0.25, 0.3) is 0 Å². The van der Waals surface area contributed by atoms with Gasteiger partial charge in [-0.2, -0.15) is 0 Å². The second-order valence-electron chi connectivity index (χ2n) is 8.80. The Labute approximate surface area is 165 Å². The van der Waals surface area contributed by atoms with Crippen LogP contribution in [0.5, 0.6) is 0 Å². The van der Waals surface area contributed by atoms with Crippen molar-refractivity contribution in [3.8, 4) is 0 Å². The Hall–Kier alpha value is 0.669. The van der Waals surface area contributed by atoms with E-state index < -0.39 is 18.4 Å². The fourth-order valence-corrected chi connectivity index (χ4v) is 34.1. The predicted molar refractivity (Wildman–Crippen MR) is 124 cm³/mol. The zero-order valence-corrected chi connectivity index (χ0v) is 22.2. The Morgan fingerprint density at radius 1 is 0.760 bits per heavy atom. The maximum absolute atomic E-state index is 2.77. The summed E-state index contributed by atoms with van der Waals surface area (Å²) in [5.74, 6) is 0. The average Bonchev–Trinajstić information content (AvgIpc) is 2.79. The molecule has 0 aromatic carbocycles. The molecule has 2 unspecified atom stereocenters. The number of allylic oxidation sites excluding steroid dienone is 2. The molecule has 3 heteroatoms. The molecule has 0 radical (unpaired) electrons. The van der Waals surface area contributed by atoms with Crippen molar-refractivity contribution in [3.05, 3.63) is 11.1 Å². The molecule has 1 heterocycles. The van der Waals surface area contributed by atoms with Gasteiger partial charge < -0.3 is 0 Å². The van der Waals surface area contributed by atoms with E-state index in [9.17, 15) is 0 Å². The summed E-state index contributed by atoms with van der Waals surface area (Å²) in [6.07, 6.45) is 8.17. The van der Waals surface area contributed by atoms with Gasteiger partial charge in [0.15, 0.2) is 0 Å². The predicted octanol–water partition coefficient (Wildman–Crippen LogP) is 8.27. The zero-order chi connectivity index (χ0) is 19.5. The van der Waals surface area contributed by atoms with E-state index in [-0.39, 0.29) is 0 Å². The molecule has 0 aromatic heterocycles. The van der Waals surface area contributed by atoms with Crippen LogP contribution in [0.25, 0.3) is 0 Å². The van der Waals surface area contributed by atoms with Gasteiger partial charge in [-0.15, -0.1) is 0 Å². The molecule has 0 spiro atoms. The van der Waals surface area contributed by atoms with Crippen molar-refractivity contribution in [1.82, 2.24) is 0 Å². The van der Waals surface area contributed by atoms with E-state index in [0.29, 0.717) is 6.66 Å². The molecule has 2 atom stereocenters.